The van der Waals surface area contributed by atoms with Crippen molar-refractivity contribution in [2.75, 3.05) is 25.1 Å². The summed E-state index contributed by atoms with van der Waals surface area (Å²) in [6.07, 6.45) is 18.5. The summed E-state index contributed by atoms with van der Waals surface area (Å²) in [6.45, 7) is 28.0. The first kappa shape index (κ1) is 70.5. The SMILES string of the molecule is CC(=O)O[C@@H]1C[C@H]2C(=O)C[C@]3(C(=O)CS(C)(=O)=O)C[C@H]3/C=C\CCCCC[C@H](NC(=O)OC(C)(C)C)C(=O)N2C1.CC(=O)O[C@@H]1C[C@H]2C(=O)C[C@]3(C(=O)O)C[C@H]3/C=C\CCCCC[C@H](C)C(=O)N2C1.CC(C)(C)C1CC1.CC(C)C(C)(C)C. The number of esters is 2. The number of carbonyl (C=O) groups is 9. The molecule has 0 bridgehead atoms. The van der Waals surface area contributed by atoms with E-state index in [1.165, 1.54) is 36.5 Å². The van der Waals surface area contributed by atoms with Crippen LogP contribution in [0.1, 0.15) is 213 Å². The number of hydrogen-bond donors (Lipinski definition) is 2. The molecule has 19 heteroatoms. The van der Waals surface area contributed by atoms with E-state index in [2.05, 4.69) is 60.7 Å². The number of rotatable bonds is 7. The highest BCUT2D eigenvalue weighted by Crippen LogP contribution is 2.58. The van der Waals surface area contributed by atoms with Crippen LogP contribution in [-0.4, -0.2) is 138 Å². The Morgan fingerprint density at radius 3 is 1.54 bits per heavy atom. The van der Waals surface area contributed by atoms with Crippen LogP contribution in [0.4, 0.5) is 4.79 Å². The van der Waals surface area contributed by atoms with Crippen molar-refractivity contribution in [3.63, 3.8) is 0 Å². The Morgan fingerprint density at radius 2 is 1.13 bits per heavy atom. The Bertz CT molecular complexity index is 2480. The molecule has 0 aromatic heterocycles. The van der Waals surface area contributed by atoms with Crippen molar-refractivity contribution in [2.24, 2.45) is 51.2 Å². The number of nitrogens with one attached hydrogen (secondary N) is 1. The van der Waals surface area contributed by atoms with Gasteiger partial charge in [0.15, 0.2) is 27.2 Å². The lowest BCUT2D eigenvalue weighted by molar-refractivity contribution is -0.148. The number of aliphatic carboxylic acids is 1. The fourth-order valence-corrected chi connectivity index (χ4v) is 12.1. The average Bonchev–Trinajstić information content (AvgIpc) is 1.89. The van der Waals surface area contributed by atoms with Gasteiger partial charge in [-0.2, -0.15) is 0 Å². The molecule has 0 spiro atoms. The maximum Gasteiger partial charge on any atom is 0.408 e. The van der Waals surface area contributed by atoms with Gasteiger partial charge in [-0.25, -0.2) is 13.2 Å². The minimum absolute atomic E-state index is 0.0328. The van der Waals surface area contributed by atoms with Gasteiger partial charge < -0.3 is 34.4 Å². The number of alkyl carbamates (subject to hydrolysis) is 1. The van der Waals surface area contributed by atoms with Gasteiger partial charge in [0.05, 0.1) is 30.6 Å². The second-order valence-corrected chi connectivity index (χ2v) is 30.5. The number of amides is 3. The zero-order valence-electron chi connectivity index (χ0n) is 52.9. The fourth-order valence-electron chi connectivity index (χ4n) is 11.4. The predicted molar refractivity (Wildman–Crippen MR) is 317 cm³/mol. The molecule has 2 saturated heterocycles. The predicted octanol–water partition coefficient (Wildman–Crippen LogP) is 10.4. The molecule has 0 radical (unpaired) electrons. The van der Waals surface area contributed by atoms with Crippen LogP contribution in [0.2, 0.25) is 0 Å². The summed E-state index contributed by atoms with van der Waals surface area (Å²) >= 11 is 0. The van der Waals surface area contributed by atoms with E-state index in [1.54, 1.807) is 20.8 Å². The van der Waals surface area contributed by atoms with Crippen LogP contribution in [-0.2, 0) is 62.4 Å². The molecule has 7 aliphatic rings. The Morgan fingerprint density at radius 1 is 0.687 bits per heavy atom. The largest absolute Gasteiger partial charge is 0.481 e. The number of fused-ring (bicyclic) bond motifs is 4. The van der Waals surface area contributed by atoms with E-state index in [4.69, 9.17) is 14.2 Å². The number of ether oxygens (including phenoxy) is 3. The second-order valence-electron chi connectivity index (χ2n) is 28.4. The highest BCUT2D eigenvalue weighted by atomic mass is 32.2. The Kier molecular flexibility index (Phi) is 25.0. The van der Waals surface area contributed by atoms with Crippen LogP contribution >= 0.6 is 0 Å². The Hall–Kier alpha value is -4.94. The van der Waals surface area contributed by atoms with Gasteiger partial charge in [-0.15, -0.1) is 0 Å². The molecular weight excluding hydrogens is 1080 g/mol. The molecule has 83 heavy (non-hydrogen) atoms. The third-order valence-corrected chi connectivity index (χ3v) is 18.5. The first-order chi connectivity index (χ1) is 38.3. The second kappa shape index (κ2) is 29.4. The molecule has 18 nitrogen and oxygen atoms in total. The van der Waals surface area contributed by atoms with E-state index in [9.17, 15) is 56.7 Å². The van der Waals surface area contributed by atoms with Gasteiger partial charge in [0.1, 0.15) is 29.6 Å². The lowest BCUT2D eigenvalue weighted by Crippen LogP contribution is -2.52. The smallest absolute Gasteiger partial charge is 0.408 e. The third-order valence-electron chi connectivity index (χ3n) is 17.7. The number of allylic oxidation sites excluding steroid dienone is 4. The third kappa shape index (κ3) is 22.1. The summed E-state index contributed by atoms with van der Waals surface area (Å²) in [5.41, 5.74) is -1.87. The number of carboxylic acid groups (broad SMARTS) is 1. The Balaban J connectivity index is 0.000000296. The van der Waals surface area contributed by atoms with Gasteiger partial charge in [-0.3, -0.25) is 38.4 Å². The number of carboxylic acids is 1. The van der Waals surface area contributed by atoms with Crippen molar-refractivity contribution in [2.45, 2.75) is 248 Å². The maximum atomic E-state index is 13.8. The van der Waals surface area contributed by atoms with Crippen LogP contribution in [0.5, 0.6) is 0 Å². The van der Waals surface area contributed by atoms with Crippen molar-refractivity contribution in [1.29, 1.82) is 0 Å². The van der Waals surface area contributed by atoms with Crippen LogP contribution in [0.3, 0.4) is 0 Å². The molecule has 3 saturated carbocycles. The number of Topliss-reactive ketones (excluding diaryl/α,β-unsaturated/α-hetero) is 3. The summed E-state index contributed by atoms with van der Waals surface area (Å²) in [5, 5.41) is 12.4. The molecule has 0 aromatic rings. The van der Waals surface area contributed by atoms with Crippen molar-refractivity contribution < 1.29 is 70.9 Å². The summed E-state index contributed by atoms with van der Waals surface area (Å²) in [6, 6.07) is -2.67. The van der Waals surface area contributed by atoms with Crippen LogP contribution in [0.15, 0.2) is 24.3 Å². The normalized spacial score (nSPS) is 30.7. The quantitative estimate of drug-likeness (QED) is 0.137. The van der Waals surface area contributed by atoms with Crippen molar-refractivity contribution >= 4 is 63.0 Å². The van der Waals surface area contributed by atoms with Crippen LogP contribution < -0.4 is 5.32 Å². The zero-order valence-corrected chi connectivity index (χ0v) is 53.7. The molecule has 2 N–H and O–H groups in total. The maximum absolute atomic E-state index is 13.8. The molecule has 0 unspecified atom stereocenters. The van der Waals surface area contributed by atoms with Gasteiger partial charge in [-0.05, 0) is 119 Å². The standard InChI is InChI=1S/C28H42N2O9S.C22H31NO6.C7H14.C7H16/c1-18(31)38-20-13-22-23(32)15-28(24(33)17-40(5,36)37)14-19(28)11-9-7-6-8-10-12-21(25(34)30(22)16-20)29-26(35)39-27(2,3)4;1-14-8-6-4-3-5-7-9-16-11-22(16,21(27)28)12-19(25)18-10-17(29-15(2)24)13-23(18)20(14)26;1-7(2,3)6-4-5-6;1-6(2)7(3,4)5/h9,11,19-22H,6-8,10,12-17H2,1-5H3,(H,29,35);7,9,14,16-18H,3-6,8,10-13H2,1-2H3,(H,27,28);6H,4-5H2,1-3H3;6H,1-5H3/b11-9-;9-7-;;/t19-,20-,21+,22+,28-;14-,16+,17+,18-,22+;;/m10../s1. The molecule has 10 atom stereocenters. The van der Waals surface area contributed by atoms with E-state index in [0.29, 0.717) is 36.5 Å². The van der Waals surface area contributed by atoms with E-state index in [0.717, 1.165) is 69.5 Å². The zero-order chi connectivity index (χ0) is 62.6. The van der Waals surface area contributed by atoms with Gasteiger partial charge in [0, 0.05) is 57.1 Å². The van der Waals surface area contributed by atoms with Gasteiger partial charge in [0.2, 0.25) is 11.8 Å². The molecule has 470 valence electrons. The van der Waals surface area contributed by atoms with Crippen LogP contribution in [0, 0.1) is 51.2 Å². The minimum Gasteiger partial charge on any atom is -0.481 e. The highest BCUT2D eigenvalue weighted by molar-refractivity contribution is 7.91. The summed E-state index contributed by atoms with van der Waals surface area (Å²) < 4.78 is 39.9. The lowest BCUT2D eigenvalue weighted by atomic mass is 9.84. The van der Waals surface area contributed by atoms with E-state index >= 15 is 0 Å². The van der Waals surface area contributed by atoms with Gasteiger partial charge in [0.25, 0.3) is 0 Å². The fraction of sp³-hybridized carbons (Fsp3) is 0.797. The van der Waals surface area contributed by atoms with Gasteiger partial charge in [-0.1, -0.05) is 112 Å². The van der Waals surface area contributed by atoms with Crippen molar-refractivity contribution in [3.05, 3.63) is 24.3 Å². The number of ketones is 3. The highest BCUT2D eigenvalue weighted by Gasteiger charge is 2.62. The molecular formula is C64H103N3O15S. The van der Waals surface area contributed by atoms with Gasteiger partial charge >= 0.3 is 24.0 Å². The van der Waals surface area contributed by atoms with E-state index < -0.39 is 104 Å². The first-order valence-corrected chi connectivity index (χ1v) is 32.6. The van der Waals surface area contributed by atoms with Crippen LogP contribution in [0.25, 0.3) is 0 Å². The summed E-state index contributed by atoms with van der Waals surface area (Å²) in [4.78, 5) is 117. The van der Waals surface area contributed by atoms with Crippen molar-refractivity contribution in [3.8, 4) is 0 Å². The average molecular weight is 1190 g/mol. The first-order valence-electron chi connectivity index (χ1n) is 30.6. The summed E-state index contributed by atoms with van der Waals surface area (Å²) in [5.74, 6) is -3.11. The molecule has 3 aliphatic carbocycles. The number of carbonyl (C=O) groups excluding carboxylic acids is 8. The Labute approximate surface area is 496 Å². The number of sulfone groups is 1. The van der Waals surface area contributed by atoms with E-state index in [1.807, 2.05) is 31.2 Å². The monoisotopic (exact) mass is 1190 g/mol. The topological polar surface area (TPSA) is 254 Å². The molecule has 4 heterocycles. The van der Waals surface area contributed by atoms with Crippen molar-refractivity contribution in [1.82, 2.24) is 15.1 Å². The minimum atomic E-state index is -3.61. The number of nitrogens with zero attached hydrogens (tertiary/aromatic N) is 2. The molecule has 3 amide bonds. The molecule has 0 aromatic carbocycles. The molecule has 4 aliphatic heterocycles. The molecule has 5 fully saturated rings. The number of hydrogen-bond acceptors (Lipinski definition) is 14. The van der Waals surface area contributed by atoms with E-state index in [-0.39, 0.29) is 68.2 Å². The lowest BCUT2D eigenvalue weighted by Gasteiger charge is -2.30. The summed E-state index contributed by atoms with van der Waals surface area (Å²) in [7, 11) is -3.61. The molecule has 7 rings (SSSR count).